The van der Waals surface area contributed by atoms with E-state index >= 15 is 0 Å². The van der Waals surface area contributed by atoms with Crippen molar-refractivity contribution in [2.75, 3.05) is 27.9 Å². The first-order valence-corrected chi connectivity index (χ1v) is 12.0. The van der Waals surface area contributed by atoms with Crippen LogP contribution < -0.4 is 24.4 Å². The second-order valence-electron chi connectivity index (χ2n) is 8.37. The molecule has 0 saturated carbocycles. The zero-order chi connectivity index (χ0) is 26.4. The molecule has 7 heteroatoms. The lowest BCUT2D eigenvalue weighted by molar-refractivity contribution is 0.309. The van der Waals surface area contributed by atoms with Crippen molar-refractivity contribution in [3.05, 3.63) is 75.9 Å². The fourth-order valence-corrected chi connectivity index (χ4v) is 3.92. The van der Waals surface area contributed by atoms with Crippen LogP contribution in [0.4, 0.5) is 0 Å². The van der Waals surface area contributed by atoms with Crippen molar-refractivity contribution < 1.29 is 28.5 Å². The summed E-state index contributed by atoms with van der Waals surface area (Å²) in [5.74, 6) is 1.71. The van der Waals surface area contributed by atoms with Gasteiger partial charge in [0.1, 0.15) is 28.6 Å². The van der Waals surface area contributed by atoms with E-state index in [0.29, 0.717) is 40.6 Å². The molecule has 0 aliphatic carbocycles. The number of methoxy groups -OCH3 is 3. The van der Waals surface area contributed by atoms with Crippen molar-refractivity contribution in [2.24, 2.45) is 0 Å². The highest BCUT2D eigenvalue weighted by molar-refractivity contribution is 5.89. The summed E-state index contributed by atoms with van der Waals surface area (Å²) in [6, 6.07) is 16.1. The van der Waals surface area contributed by atoms with Gasteiger partial charge in [0.05, 0.1) is 38.9 Å². The first-order chi connectivity index (χ1) is 18.0. The van der Waals surface area contributed by atoms with E-state index in [0.717, 1.165) is 24.2 Å². The van der Waals surface area contributed by atoms with Gasteiger partial charge in [-0.05, 0) is 53.9 Å². The van der Waals surface area contributed by atoms with Crippen LogP contribution in [-0.4, -0.2) is 33.0 Å². The lowest BCUT2D eigenvalue weighted by Crippen LogP contribution is -2.04. The third-order valence-corrected chi connectivity index (χ3v) is 5.96. The van der Waals surface area contributed by atoms with Crippen LogP contribution in [-0.2, 0) is 0 Å². The standard InChI is InChI=1S/C30H30O7/c1-5-6-15-36-21-11-8-19(9-12-21)7-10-20-16-23(34-3)18-26(35-4)27(20)30-29(32)28(31)24-17-22(33-2)13-14-25(24)37-30/h7-14,16-18,32H,5-6,15H2,1-4H3. The lowest BCUT2D eigenvalue weighted by atomic mass is 10.00. The molecule has 0 unspecified atom stereocenters. The molecule has 0 aliphatic heterocycles. The van der Waals surface area contributed by atoms with Crippen LogP contribution in [0.5, 0.6) is 28.7 Å². The Morgan fingerprint density at radius 1 is 0.865 bits per heavy atom. The number of hydrogen-bond acceptors (Lipinski definition) is 7. The van der Waals surface area contributed by atoms with Gasteiger partial charge in [0.15, 0.2) is 5.76 Å². The second-order valence-corrected chi connectivity index (χ2v) is 8.37. The van der Waals surface area contributed by atoms with Crippen molar-refractivity contribution in [1.29, 1.82) is 0 Å². The maximum atomic E-state index is 13.1. The van der Waals surface area contributed by atoms with E-state index in [9.17, 15) is 9.90 Å². The number of benzene rings is 3. The molecule has 4 aromatic rings. The molecule has 3 aromatic carbocycles. The first-order valence-electron chi connectivity index (χ1n) is 12.0. The highest BCUT2D eigenvalue weighted by Crippen LogP contribution is 2.42. The lowest BCUT2D eigenvalue weighted by Gasteiger charge is -2.15. The molecule has 192 valence electrons. The van der Waals surface area contributed by atoms with Gasteiger partial charge in [0, 0.05) is 6.07 Å². The molecule has 1 heterocycles. The van der Waals surface area contributed by atoms with Gasteiger partial charge in [-0.15, -0.1) is 0 Å². The van der Waals surface area contributed by atoms with E-state index in [4.69, 9.17) is 23.4 Å². The van der Waals surface area contributed by atoms with Gasteiger partial charge in [-0.25, -0.2) is 0 Å². The molecule has 1 N–H and O–H groups in total. The topological polar surface area (TPSA) is 87.4 Å². The van der Waals surface area contributed by atoms with Crippen LogP contribution in [0, 0.1) is 0 Å². The maximum Gasteiger partial charge on any atom is 0.235 e. The van der Waals surface area contributed by atoms with Gasteiger partial charge in [0.2, 0.25) is 11.2 Å². The molecule has 0 aliphatic rings. The predicted molar refractivity (Wildman–Crippen MR) is 145 cm³/mol. The fourth-order valence-electron chi connectivity index (χ4n) is 3.92. The third-order valence-electron chi connectivity index (χ3n) is 5.96. The first kappa shape index (κ1) is 25.7. The molecule has 0 atom stereocenters. The van der Waals surface area contributed by atoms with Crippen LogP contribution in [0.15, 0.2) is 63.8 Å². The van der Waals surface area contributed by atoms with Crippen LogP contribution in [0.3, 0.4) is 0 Å². The van der Waals surface area contributed by atoms with Gasteiger partial charge in [-0.1, -0.05) is 37.6 Å². The van der Waals surface area contributed by atoms with Gasteiger partial charge >= 0.3 is 0 Å². The van der Waals surface area contributed by atoms with Crippen LogP contribution in [0.1, 0.15) is 30.9 Å². The quantitative estimate of drug-likeness (QED) is 0.195. The molecule has 0 amide bonds. The molecular weight excluding hydrogens is 472 g/mol. The zero-order valence-corrected chi connectivity index (χ0v) is 21.4. The highest BCUT2D eigenvalue weighted by atomic mass is 16.5. The Morgan fingerprint density at radius 2 is 1.59 bits per heavy atom. The molecule has 0 fully saturated rings. The van der Waals surface area contributed by atoms with Crippen LogP contribution in [0.2, 0.25) is 0 Å². The summed E-state index contributed by atoms with van der Waals surface area (Å²) in [5.41, 5.74) is 1.73. The summed E-state index contributed by atoms with van der Waals surface area (Å²) < 4.78 is 28.1. The minimum Gasteiger partial charge on any atom is -0.502 e. The van der Waals surface area contributed by atoms with Gasteiger partial charge in [0.25, 0.3) is 0 Å². The van der Waals surface area contributed by atoms with E-state index in [1.807, 2.05) is 36.4 Å². The van der Waals surface area contributed by atoms with Crippen LogP contribution >= 0.6 is 0 Å². The van der Waals surface area contributed by atoms with Crippen molar-refractivity contribution >= 4 is 23.1 Å². The van der Waals surface area contributed by atoms with Crippen LogP contribution in [0.25, 0.3) is 34.4 Å². The number of rotatable bonds is 10. The summed E-state index contributed by atoms with van der Waals surface area (Å²) >= 11 is 0. The number of hydrogen-bond donors (Lipinski definition) is 1. The van der Waals surface area contributed by atoms with Crippen molar-refractivity contribution in [3.8, 4) is 40.1 Å². The average molecular weight is 503 g/mol. The molecular formula is C30H30O7. The van der Waals surface area contributed by atoms with E-state index < -0.39 is 11.2 Å². The minimum absolute atomic E-state index is 0.00138. The Morgan fingerprint density at radius 3 is 2.27 bits per heavy atom. The normalized spacial score (nSPS) is 11.1. The smallest absolute Gasteiger partial charge is 0.235 e. The largest absolute Gasteiger partial charge is 0.502 e. The van der Waals surface area contributed by atoms with E-state index in [-0.39, 0.29) is 11.1 Å². The Kier molecular flexibility index (Phi) is 8.03. The molecule has 7 nitrogen and oxygen atoms in total. The SMILES string of the molecule is CCCCOc1ccc(C=Cc2cc(OC)cc(OC)c2-c2oc3ccc(OC)cc3c(=O)c2O)cc1. The number of unbranched alkanes of at least 4 members (excludes halogenated alkanes) is 1. The minimum atomic E-state index is -0.568. The molecule has 1 aromatic heterocycles. The molecule has 37 heavy (non-hydrogen) atoms. The number of ether oxygens (including phenoxy) is 4. The second kappa shape index (κ2) is 11.6. The Hall–Kier alpha value is -4.39. The van der Waals surface area contributed by atoms with Gasteiger partial charge in [-0.2, -0.15) is 0 Å². The monoisotopic (exact) mass is 502 g/mol. The Balaban J connectivity index is 1.80. The molecule has 4 rings (SSSR count). The Labute approximate surface area is 215 Å². The van der Waals surface area contributed by atoms with Crippen molar-refractivity contribution in [3.63, 3.8) is 0 Å². The number of fused-ring (bicyclic) bond motifs is 1. The third kappa shape index (κ3) is 5.56. The molecule has 0 spiro atoms. The van der Waals surface area contributed by atoms with E-state index in [1.165, 1.54) is 20.3 Å². The number of aromatic hydroxyl groups is 1. The van der Waals surface area contributed by atoms with Crippen molar-refractivity contribution in [1.82, 2.24) is 0 Å². The molecule has 0 saturated heterocycles. The maximum absolute atomic E-state index is 13.1. The summed E-state index contributed by atoms with van der Waals surface area (Å²) in [5, 5.41) is 11.1. The summed E-state index contributed by atoms with van der Waals surface area (Å²) in [6.07, 6.45) is 5.85. The van der Waals surface area contributed by atoms with E-state index in [2.05, 4.69) is 6.92 Å². The zero-order valence-electron chi connectivity index (χ0n) is 21.4. The summed E-state index contributed by atoms with van der Waals surface area (Å²) in [4.78, 5) is 13.1. The average Bonchev–Trinajstić information content (AvgIpc) is 2.94. The molecule has 0 radical (unpaired) electrons. The van der Waals surface area contributed by atoms with Gasteiger partial charge in [-0.3, -0.25) is 4.79 Å². The predicted octanol–water partition coefficient (Wildman–Crippen LogP) is 6.54. The molecule has 0 bridgehead atoms. The summed E-state index contributed by atoms with van der Waals surface area (Å²) in [7, 11) is 4.56. The van der Waals surface area contributed by atoms with Crippen molar-refractivity contribution in [2.45, 2.75) is 19.8 Å². The fraction of sp³-hybridized carbons (Fsp3) is 0.233. The Bertz CT molecular complexity index is 1470. The van der Waals surface area contributed by atoms with E-state index in [1.54, 1.807) is 31.4 Å². The summed E-state index contributed by atoms with van der Waals surface area (Å²) in [6.45, 7) is 2.81. The highest BCUT2D eigenvalue weighted by Gasteiger charge is 2.22. The van der Waals surface area contributed by atoms with Gasteiger partial charge < -0.3 is 28.5 Å².